The molecule has 8 nitrogen and oxygen atoms in total. The number of hydrogen-bond acceptors (Lipinski definition) is 6. The lowest BCUT2D eigenvalue weighted by Gasteiger charge is -2.30. The molecule has 3 amide bonds. The van der Waals surface area contributed by atoms with Crippen molar-refractivity contribution >= 4 is 29.0 Å². The van der Waals surface area contributed by atoms with Crippen molar-refractivity contribution in [3.05, 3.63) is 70.4 Å². The second kappa shape index (κ2) is 13.5. The van der Waals surface area contributed by atoms with E-state index >= 15 is 0 Å². The molecule has 198 valence electrons. The van der Waals surface area contributed by atoms with Gasteiger partial charge in [-0.05, 0) is 61.5 Å². The molecule has 0 saturated carbocycles. The van der Waals surface area contributed by atoms with Crippen LogP contribution < -0.4 is 19.5 Å². The highest BCUT2D eigenvalue weighted by molar-refractivity contribution is 7.09. The van der Waals surface area contributed by atoms with Gasteiger partial charge >= 0.3 is 6.03 Å². The first kappa shape index (κ1) is 27.9. The maximum absolute atomic E-state index is 13.5. The summed E-state index contributed by atoms with van der Waals surface area (Å²) < 4.78 is 16.0. The summed E-state index contributed by atoms with van der Waals surface area (Å²) in [6, 6.07) is 16.4. The van der Waals surface area contributed by atoms with E-state index in [4.69, 9.17) is 14.2 Å². The van der Waals surface area contributed by atoms with Gasteiger partial charge < -0.3 is 29.3 Å². The summed E-state index contributed by atoms with van der Waals surface area (Å²) >= 11 is 1.60. The Morgan fingerprint density at radius 2 is 1.73 bits per heavy atom. The number of thiophene rings is 1. The second-order valence-corrected chi connectivity index (χ2v) is 9.75. The lowest BCUT2D eigenvalue weighted by atomic mass is 10.1. The van der Waals surface area contributed by atoms with Crippen LogP contribution in [0.25, 0.3) is 0 Å². The number of amides is 3. The van der Waals surface area contributed by atoms with Crippen LogP contribution >= 0.6 is 11.3 Å². The van der Waals surface area contributed by atoms with Crippen LogP contribution in [0.5, 0.6) is 17.2 Å². The Morgan fingerprint density at radius 3 is 2.38 bits per heavy atom. The molecular weight excluding hydrogens is 490 g/mol. The second-order valence-electron chi connectivity index (χ2n) is 8.72. The van der Waals surface area contributed by atoms with Gasteiger partial charge in [0.25, 0.3) is 0 Å². The zero-order valence-electron chi connectivity index (χ0n) is 22.0. The molecule has 0 radical (unpaired) electrons. The van der Waals surface area contributed by atoms with E-state index in [0.717, 1.165) is 10.4 Å². The number of ether oxygens (including phenoxy) is 3. The number of urea groups is 1. The number of carbonyl (C=O) groups is 2. The lowest BCUT2D eigenvalue weighted by molar-refractivity contribution is -0.132. The summed E-state index contributed by atoms with van der Waals surface area (Å²) in [7, 11) is 4.78. The minimum atomic E-state index is -0.340. The van der Waals surface area contributed by atoms with Crippen LogP contribution in [0.4, 0.5) is 10.5 Å². The van der Waals surface area contributed by atoms with E-state index < -0.39 is 0 Å². The van der Waals surface area contributed by atoms with E-state index in [1.807, 2.05) is 49.6 Å². The molecule has 0 bridgehead atoms. The minimum Gasteiger partial charge on any atom is -0.497 e. The van der Waals surface area contributed by atoms with Crippen molar-refractivity contribution in [2.24, 2.45) is 0 Å². The standard InChI is InChI=1S/C28H35N3O5S/c1-20(2)31(28(33)29-22-8-6-9-23(17-22)34-3)19-27(32)30(18-24-10-7-15-37-24)14-13-21-11-12-25(35-4)26(16-21)36-5/h6-12,15-17,20H,13-14,18-19H2,1-5H3,(H,29,33). The van der Waals surface area contributed by atoms with Crippen molar-refractivity contribution in [1.82, 2.24) is 9.80 Å². The Bertz CT molecular complexity index is 1170. The van der Waals surface area contributed by atoms with E-state index in [2.05, 4.69) is 5.32 Å². The minimum absolute atomic E-state index is 0.0369. The quantitative estimate of drug-likeness (QED) is 0.348. The molecule has 1 N–H and O–H groups in total. The Morgan fingerprint density at radius 1 is 0.946 bits per heavy atom. The third-order valence-corrected chi connectivity index (χ3v) is 6.77. The zero-order valence-corrected chi connectivity index (χ0v) is 22.8. The molecule has 1 heterocycles. The smallest absolute Gasteiger partial charge is 0.322 e. The number of hydrogen-bond donors (Lipinski definition) is 1. The molecule has 1 aromatic heterocycles. The number of nitrogens with zero attached hydrogens (tertiary/aromatic N) is 2. The summed E-state index contributed by atoms with van der Waals surface area (Å²) in [5.74, 6) is 1.83. The van der Waals surface area contributed by atoms with E-state index in [1.165, 1.54) is 0 Å². The molecule has 0 unspecified atom stereocenters. The number of nitrogens with one attached hydrogen (secondary N) is 1. The maximum Gasteiger partial charge on any atom is 0.322 e. The van der Waals surface area contributed by atoms with Gasteiger partial charge in [0, 0.05) is 29.2 Å². The molecule has 0 atom stereocenters. The number of benzene rings is 2. The van der Waals surface area contributed by atoms with Crippen LogP contribution in [0.2, 0.25) is 0 Å². The number of anilines is 1. The van der Waals surface area contributed by atoms with Crippen molar-refractivity contribution in [2.45, 2.75) is 32.9 Å². The van der Waals surface area contributed by atoms with E-state index in [9.17, 15) is 9.59 Å². The summed E-state index contributed by atoms with van der Waals surface area (Å²) in [5, 5.41) is 4.88. The zero-order chi connectivity index (χ0) is 26.8. The van der Waals surface area contributed by atoms with E-state index in [0.29, 0.717) is 42.4 Å². The van der Waals surface area contributed by atoms with Crippen LogP contribution in [-0.2, 0) is 17.8 Å². The Balaban J connectivity index is 1.73. The van der Waals surface area contributed by atoms with Crippen molar-refractivity contribution in [2.75, 3.05) is 39.7 Å². The SMILES string of the molecule is COc1cccc(NC(=O)N(CC(=O)N(CCc2ccc(OC)c(OC)c2)Cc2cccs2)C(C)C)c1. The predicted molar refractivity (Wildman–Crippen MR) is 147 cm³/mol. The molecule has 0 spiro atoms. The van der Waals surface area contributed by atoms with Gasteiger partial charge in [0.15, 0.2) is 11.5 Å². The Kier molecular flexibility index (Phi) is 10.2. The monoisotopic (exact) mass is 525 g/mol. The molecule has 0 aliphatic heterocycles. The fraction of sp³-hybridized carbons (Fsp3) is 0.357. The van der Waals surface area contributed by atoms with Gasteiger partial charge in [0.1, 0.15) is 12.3 Å². The van der Waals surface area contributed by atoms with Gasteiger partial charge in [0.05, 0.1) is 27.9 Å². The molecule has 3 rings (SSSR count). The average Bonchev–Trinajstić information content (AvgIpc) is 3.42. The topological polar surface area (TPSA) is 80.3 Å². The van der Waals surface area contributed by atoms with Crippen LogP contribution in [0.1, 0.15) is 24.3 Å². The van der Waals surface area contributed by atoms with E-state index in [1.54, 1.807) is 66.7 Å². The van der Waals surface area contributed by atoms with Gasteiger partial charge in [-0.25, -0.2) is 4.79 Å². The fourth-order valence-electron chi connectivity index (χ4n) is 3.81. The van der Waals surface area contributed by atoms with Gasteiger partial charge in [-0.1, -0.05) is 18.2 Å². The summed E-state index contributed by atoms with van der Waals surface area (Å²) in [4.78, 5) is 31.1. The van der Waals surface area contributed by atoms with Crippen molar-refractivity contribution in [3.8, 4) is 17.2 Å². The van der Waals surface area contributed by atoms with Crippen LogP contribution in [0.3, 0.4) is 0 Å². The molecule has 0 fully saturated rings. The van der Waals surface area contributed by atoms with Crippen LogP contribution in [0, 0.1) is 0 Å². The van der Waals surface area contributed by atoms with Gasteiger partial charge in [0.2, 0.25) is 5.91 Å². The number of carbonyl (C=O) groups excluding carboxylic acids is 2. The summed E-state index contributed by atoms with van der Waals surface area (Å²) in [5.41, 5.74) is 1.63. The number of rotatable bonds is 12. The first-order chi connectivity index (χ1) is 17.8. The third kappa shape index (κ3) is 7.88. The van der Waals surface area contributed by atoms with Gasteiger partial charge in [-0.15, -0.1) is 11.3 Å². The predicted octanol–water partition coefficient (Wildman–Crippen LogP) is 5.29. The molecule has 0 aliphatic rings. The summed E-state index contributed by atoms with van der Waals surface area (Å²) in [6.45, 7) is 4.73. The van der Waals surface area contributed by atoms with Gasteiger partial charge in [-0.3, -0.25) is 4.79 Å². The van der Waals surface area contributed by atoms with E-state index in [-0.39, 0.29) is 24.5 Å². The first-order valence-corrected chi connectivity index (χ1v) is 12.9. The molecule has 9 heteroatoms. The summed E-state index contributed by atoms with van der Waals surface area (Å²) in [6.07, 6.45) is 0.634. The van der Waals surface area contributed by atoms with Crippen LogP contribution in [0.15, 0.2) is 60.0 Å². The molecule has 0 aliphatic carbocycles. The maximum atomic E-state index is 13.5. The van der Waals surface area contributed by atoms with Gasteiger partial charge in [-0.2, -0.15) is 0 Å². The molecule has 37 heavy (non-hydrogen) atoms. The van der Waals surface area contributed by atoms with Crippen molar-refractivity contribution in [1.29, 1.82) is 0 Å². The molecular formula is C28H35N3O5S. The lowest BCUT2D eigenvalue weighted by Crippen LogP contribution is -2.47. The molecule has 0 saturated heterocycles. The normalized spacial score (nSPS) is 10.6. The highest BCUT2D eigenvalue weighted by Gasteiger charge is 2.24. The highest BCUT2D eigenvalue weighted by atomic mass is 32.1. The largest absolute Gasteiger partial charge is 0.497 e. The fourth-order valence-corrected chi connectivity index (χ4v) is 4.53. The van der Waals surface area contributed by atoms with Crippen LogP contribution in [-0.4, -0.2) is 62.2 Å². The third-order valence-electron chi connectivity index (χ3n) is 5.91. The Hall–Kier alpha value is -3.72. The first-order valence-electron chi connectivity index (χ1n) is 12.1. The molecule has 2 aromatic carbocycles. The number of methoxy groups -OCH3 is 3. The highest BCUT2D eigenvalue weighted by Crippen LogP contribution is 2.28. The Labute approximate surface area is 222 Å². The van der Waals surface area contributed by atoms with Crippen molar-refractivity contribution in [3.63, 3.8) is 0 Å². The average molecular weight is 526 g/mol. The van der Waals surface area contributed by atoms with Crippen molar-refractivity contribution < 1.29 is 23.8 Å². The molecule has 3 aromatic rings.